The molecule has 2 aromatic carbocycles. The van der Waals surface area contributed by atoms with Crippen molar-refractivity contribution in [3.8, 4) is 0 Å². The molecule has 100 valence electrons. The lowest BCUT2D eigenvalue weighted by Crippen LogP contribution is -2.24. The fourth-order valence-electron chi connectivity index (χ4n) is 2.08. The fourth-order valence-corrected chi connectivity index (χ4v) is 2.49. The Morgan fingerprint density at radius 3 is 2.58 bits per heavy atom. The van der Waals surface area contributed by atoms with Crippen LogP contribution in [0.1, 0.15) is 17.5 Å². The number of aryl methyl sites for hydroxylation is 1. The average Bonchev–Trinajstić information content (AvgIpc) is 2.42. The third-order valence-corrected chi connectivity index (χ3v) is 3.63. The summed E-state index contributed by atoms with van der Waals surface area (Å²) in [7, 11) is 0. The summed E-state index contributed by atoms with van der Waals surface area (Å²) < 4.78 is 14.5. The highest BCUT2D eigenvalue weighted by molar-refractivity contribution is 9.10. The number of nitrogens with two attached hydrogens (primary N) is 1. The molecule has 0 radical (unpaired) electrons. The molecular weight excluding hydrogens is 305 g/mol. The van der Waals surface area contributed by atoms with Gasteiger partial charge in [-0.15, -0.1) is 0 Å². The van der Waals surface area contributed by atoms with E-state index < -0.39 is 0 Å². The van der Waals surface area contributed by atoms with Crippen LogP contribution in [0.5, 0.6) is 0 Å². The molecule has 0 fully saturated rings. The van der Waals surface area contributed by atoms with Crippen molar-refractivity contribution < 1.29 is 4.39 Å². The number of benzene rings is 2. The molecule has 1 unspecified atom stereocenters. The molecule has 1 atom stereocenters. The van der Waals surface area contributed by atoms with Crippen LogP contribution in [0.3, 0.4) is 0 Å². The van der Waals surface area contributed by atoms with Crippen LogP contribution in [0, 0.1) is 5.82 Å². The van der Waals surface area contributed by atoms with E-state index >= 15 is 0 Å². The largest absolute Gasteiger partial charge is 0.327 e. The van der Waals surface area contributed by atoms with Gasteiger partial charge in [-0.25, -0.2) is 4.39 Å². The average molecular weight is 322 g/mol. The Kier molecular flexibility index (Phi) is 5.11. The van der Waals surface area contributed by atoms with Gasteiger partial charge in [0.25, 0.3) is 0 Å². The van der Waals surface area contributed by atoms with Crippen LogP contribution in [0.25, 0.3) is 0 Å². The summed E-state index contributed by atoms with van der Waals surface area (Å²) in [4.78, 5) is 0. The molecule has 0 aliphatic heterocycles. The van der Waals surface area contributed by atoms with E-state index in [1.54, 1.807) is 12.1 Å². The third kappa shape index (κ3) is 4.44. The predicted molar refractivity (Wildman–Crippen MR) is 80.5 cm³/mol. The molecule has 2 aromatic rings. The zero-order valence-corrected chi connectivity index (χ0v) is 12.2. The van der Waals surface area contributed by atoms with Crippen molar-refractivity contribution in [2.75, 3.05) is 0 Å². The molecule has 0 spiro atoms. The Morgan fingerprint density at radius 1 is 1.11 bits per heavy atom. The molecule has 0 bridgehead atoms. The molecule has 3 heteroatoms. The van der Waals surface area contributed by atoms with Crippen molar-refractivity contribution in [2.24, 2.45) is 5.73 Å². The Balaban J connectivity index is 1.90. The van der Waals surface area contributed by atoms with Crippen molar-refractivity contribution in [1.82, 2.24) is 0 Å². The minimum Gasteiger partial charge on any atom is -0.327 e. The van der Waals surface area contributed by atoms with Gasteiger partial charge in [-0.05, 0) is 48.6 Å². The van der Waals surface area contributed by atoms with Crippen LogP contribution in [0.15, 0.2) is 53.0 Å². The highest BCUT2D eigenvalue weighted by Crippen LogP contribution is 2.17. The Bertz CT molecular complexity index is 528. The number of halogens is 2. The minimum atomic E-state index is -0.182. The Labute approximate surface area is 121 Å². The molecule has 2 N–H and O–H groups in total. The van der Waals surface area contributed by atoms with E-state index in [-0.39, 0.29) is 11.9 Å². The minimum absolute atomic E-state index is 0.0241. The second-order valence-corrected chi connectivity index (χ2v) is 5.64. The molecule has 0 saturated heterocycles. The van der Waals surface area contributed by atoms with Gasteiger partial charge in [0.2, 0.25) is 0 Å². The van der Waals surface area contributed by atoms with E-state index in [1.165, 1.54) is 11.6 Å². The summed E-state index contributed by atoms with van der Waals surface area (Å²) in [5, 5.41) is 0. The standard InChI is InChI=1S/C16H17BrFN/c17-14-7-9-16(18)13(10-14)11-15(19)8-6-12-4-2-1-3-5-12/h1-5,7,9-10,15H,6,8,11,19H2. The lowest BCUT2D eigenvalue weighted by molar-refractivity contribution is 0.566. The van der Waals surface area contributed by atoms with Crippen molar-refractivity contribution in [1.29, 1.82) is 0 Å². The first-order valence-electron chi connectivity index (χ1n) is 6.38. The van der Waals surface area contributed by atoms with Crippen LogP contribution in [0.4, 0.5) is 4.39 Å². The summed E-state index contributed by atoms with van der Waals surface area (Å²) in [6.07, 6.45) is 2.35. The maximum absolute atomic E-state index is 13.6. The zero-order valence-electron chi connectivity index (χ0n) is 10.7. The van der Waals surface area contributed by atoms with Gasteiger partial charge in [-0.2, -0.15) is 0 Å². The summed E-state index contributed by atoms with van der Waals surface area (Å²) >= 11 is 3.35. The van der Waals surface area contributed by atoms with Gasteiger partial charge in [0.1, 0.15) is 5.82 Å². The number of hydrogen-bond acceptors (Lipinski definition) is 1. The first-order chi connectivity index (χ1) is 9.15. The summed E-state index contributed by atoms with van der Waals surface area (Å²) in [5.74, 6) is -0.182. The van der Waals surface area contributed by atoms with Crippen molar-refractivity contribution in [3.05, 3.63) is 69.9 Å². The molecule has 0 saturated carbocycles. The smallest absolute Gasteiger partial charge is 0.126 e. The van der Waals surface area contributed by atoms with Crippen LogP contribution in [-0.2, 0) is 12.8 Å². The van der Waals surface area contributed by atoms with Gasteiger partial charge in [-0.3, -0.25) is 0 Å². The molecular formula is C16H17BrFN. The van der Waals surface area contributed by atoms with Crippen molar-refractivity contribution >= 4 is 15.9 Å². The molecule has 0 aliphatic carbocycles. The molecule has 0 aromatic heterocycles. The van der Waals surface area contributed by atoms with Gasteiger partial charge in [0.05, 0.1) is 0 Å². The first kappa shape index (κ1) is 14.2. The number of hydrogen-bond donors (Lipinski definition) is 1. The van der Waals surface area contributed by atoms with Gasteiger partial charge in [-0.1, -0.05) is 46.3 Å². The Morgan fingerprint density at radius 2 is 1.84 bits per heavy atom. The topological polar surface area (TPSA) is 26.0 Å². The highest BCUT2D eigenvalue weighted by atomic mass is 79.9. The molecule has 0 aliphatic rings. The highest BCUT2D eigenvalue weighted by Gasteiger charge is 2.09. The zero-order chi connectivity index (χ0) is 13.7. The van der Waals surface area contributed by atoms with E-state index in [0.717, 1.165) is 17.3 Å². The molecule has 1 nitrogen and oxygen atoms in total. The maximum atomic E-state index is 13.6. The van der Waals surface area contributed by atoms with Gasteiger partial charge >= 0.3 is 0 Å². The third-order valence-electron chi connectivity index (χ3n) is 3.14. The lowest BCUT2D eigenvalue weighted by Gasteiger charge is -2.12. The van der Waals surface area contributed by atoms with E-state index in [2.05, 4.69) is 28.1 Å². The summed E-state index contributed by atoms with van der Waals surface area (Å²) in [5.41, 5.74) is 8.04. The summed E-state index contributed by atoms with van der Waals surface area (Å²) in [6.45, 7) is 0. The van der Waals surface area contributed by atoms with E-state index in [4.69, 9.17) is 5.73 Å². The number of rotatable bonds is 5. The molecule has 19 heavy (non-hydrogen) atoms. The monoisotopic (exact) mass is 321 g/mol. The first-order valence-corrected chi connectivity index (χ1v) is 7.18. The van der Waals surface area contributed by atoms with Gasteiger partial charge in [0, 0.05) is 10.5 Å². The predicted octanol–water partition coefficient (Wildman–Crippen LogP) is 4.09. The molecule has 0 amide bonds. The van der Waals surface area contributed by atoms with Gasteiger partial charge < -0.3 is 5.73 Å². The normalized spacial score (nSPS) is 12.4. The lowest BCUT2D eigenvalue weighted by atomic mass is 9.99. The SMILES string of the molecule is NC(CCc1ccccc1)Cc1cc(Br)ccc1F. The fraction of sp³-hybridized carbons (Fsp3) is 0.250. The van der Waals surface area contributed by atoms with Crippen LogP contribution >= 0.6 is 15.9 Å². The van der Waals surface area contributed by atoms with Crippen LogP contribution < -0.4 is 5.73 Å². The Hall–Kier alpha value is -1.19. The van der Waals surface area contributed by atoms with Crippen molar-refractivity contribution in [2.45, 2.75) is 25.3 Å². The quantitative estimate of drug-likeness (QED) is 0.881. The van der Waals surface area contributed by atoms with E-state index in [0.29, 0.717) is 12.0 Å². The van der Waals surface area contributed by atoms with E-state index in [1.807, 2.05) is 18.2 Å². The van der Waals surface area contributed by atoms with E-state index in [9.17, 15) is 4.39 Å². The van der Waals surface area contributed by atoms with Gasteiger partial charge in [0.15, 0.2) is 0 Å². The maximum Gasteiger partial charge on any atom is 0.126 e. The summed E-state index contributed by atoms with van der Waals surface area (Å²) in [6, 6.07) is 15.2. The van der Waals surface area contributed by atoms with Crippen molar-refractivity contribution in [3.63, 3.8) is 0 Å². The van der Waals surface area contributed by atoms with Crippen LogP contribution in [0.2, 0.25) is 0 Å². The molecule has 2 rings (SSSR count). The second kappa shape index (κ2) is 6.83. The van der Waals surface area contributed by atoms with Crippen LogP contribution in [-0.4, -0.2) is 6.04 Å². The second-order valence-electron chi connectivity index (χ2n) is 4.72. The molecule has 0 heterocycles.